The number of rotatable bonds is 4. The standard InChI is InChI=1S/C15H13Br2NO2/c16-13-6-7-14(17)12(8-13)9-18-15(19)20-10-11-4-2-1-3-5-11/h1-8H,9-10H2,(H,18,19). The van der Waals surface area contributed by atoms with Crippen molar-refractivity contribution in [1.82, 2.24) is 5.32 Å². The van der Waals surface area contributed by atoms with E-state index in [9.17, 15) is 4.79 Å². The summed E-state index contributed by atoms with van der Waals surface area (Å²) in [6.45, 7) is 0.681. The molecule has 0 unspecified atom stereocenters. The van der Waals surface area contributed by atoms with Gasteiger partial charge in [0.1, 0.15) is 6.61 Å². The first-order valence-electron chi connectivity index (χ1n) is 6.03. The number of hydrogen-bond donors (Lipinski definition) is 1. The Morgan fingerprint density at radius 1 is 1.10 bits per heavy atom. The first-order chi connectivity index (χ1) is 9.65. The van der Waals surface area contributed by atoms with E-state index in [0.717, 1.165) is 20.1 Å². The summed E-state index contributed by atoms with van der Waals surface area (Å²) in [6.07, 6.45) is -0.430. The summed E-state index contributed by atoms with van der Waals surface area (Å²) < 4.78 is 7.06. The molecule has 104 valence electrons. The Morgan fingerprint density at radius 2 is 1.85 bits per heavy atom. The molecule has 0 spiro atoms. The number of ether oxygens (including phenoxy) is 1. The summed E-state index contributed by atoms with van der Waals surface area (Å²) >= 11 is 6.84. The van der Waals surface area contributed by atoms with Gasteiger partial charge in [-0.25, -0.2) is 4.79 Å². The fourth-order valence-electron chi connectivity index (χ4n) is 1.62. The lowest BCUT2D eigenvalue weighted by Gasteiger charge is -2.09. The van der Waals surface area contributed by atoms with Crippen LogP contribution < -0.4 is 5.32 Å². The van der Waals surface area contributed by atoms with Gasteiger partial charge in [-0.2, -0.15) is 0 Å². The second-order valence-electron chi connectivity index (χ2n) is 4.15. The Kier molecular flexibility index (Phi) is 5.61. The van der Waals surface area contributed by atoms with E-state index in [1.807, 2.05) is 48.5 Å². The molecule has 0 saturated heterocycles. The summed E-state index contributed by atoms with van der Waals surface area (Å²) in [7, 11) is 0. The average Bonchev–Trinajstić information content (AvgIpc) is 2.47. The summed E-state index contributed by atoms with van der Waals surface area (Å²) in [5.41, 5.74) is 1.95. The number of halogens is 2. The minimum Gasteiger partial charge on any atom is -0.445 e. The zero-order chi connectivity index (χ0) is 14.4. The number of alkyl carbamates (subject to hydrolysis) is 1. The van der Waals surface area contributed by atoms with Gasteiger partial charge in [-0.15, -0.1) is 0 Å². The third-order valence-corrected chi connectivity index (χ3v) is 3.91. The van der Waals surface area contributed by atoms with E-state index in [2.05, 4.69) is 37.2 Å². The van der Waals surface area contributed by atoms with E-state index in [-0.39, 0.29) is 6.61 Å². The molecule has 5 heteroatoms. The second-order valence-corrected chi connectivity index (χ2v) is 5.92. The Balaban J connectivity index is 1.82. The predicted octanol–water partition coefficient (Wildman–Crippen LogP) is 4.64. The Hall–Kier alpha value is -1.33. The first kappa shape index (κ1) is 15.1. The van der Waals surface area contributed by atoms with Crippen LogP contribution >= 0.6 is 31.9 Å². The molecule has 0 bridgehead atoms. The molecule has 0 aliphatic heterocycles. The van der Waals surface area contributed by atoms with Crippen molar-refractivity contribution in [2.24, 2.45) is 0 Å². The van der Waals surface area contributed by atoms with Crippen LogP contribution in [0.1, 0.15) is 11.1 Å². The van der Waals surface area contributed by atoms with E-state index >= 15 is 0 Å². The highest BCUT2D eigenvalue weighted by molar-refractivity contribution is 9.11. The summed E-state index contributed by atoms with van der Waals surface area (Å²) in [6, 6.07) is 15.4. The lowest BCUT2D eigenvalue weighted by Crippen LogP contribution is -2.23. The van der Waals surface area contributed by atoms with Crippen LogP contribution in [-0.4, -0.2) is 6.09 Å². The fraction of sp³-hybridized carbons (Fsp3) is 0.133. The zero-order valence-corrected chi connectivity index (χ0v) is 13.8. The van der Waals surface area contributed by atoms with Gasteiger partial charge in [-0.05, 0) is 29.3 Å². The van der Waals surface area contributed by atoms with Crippen LogP contribution in [-0.2, 0) is 17.9 Å². The summed E-state index contributed by atoms with van der Waals surface area (Å²) in [5.74, 6) is 0. The molecule has 3 nitrogen and oxygen atoms in total. The van der Waals surface area contributed by atoms with Gasteiger partial charge < -0.3 is 10.1 Å². The van der Waals surface area contributed by atoms with Gasteiger partial charge >= 0.3 is 6.09 Å². The fourth-order valence-corrected chi connectivity index (χ4v) is 2.42. The van der Waals surface area contributed by atoms with E-state index in [1.54, 1.807) is 0 Å². The van der Waals surface area contributed by atoms with Crippen molar-refractivity contribution >= 4 is 38.0 Å². The van der Waals surface area contributed by atoms with Gasteiger partial charge in [0.25, 0.3) is 0 Å². The molecule has 2 rings (SSSR count). The van der Waals surface area contributed by atoms with Gasteiger partial charge in [0.2, 0.25) is 0 Å². The number of benzene rings is 2. The molecule has 0 radical (unpaired) electrons. The van der Waals surface area contributed by atoms with Crippen molar-refractivity contribution in [3.63, 3.8) is 0 Å². The number of amides is 1. The van der Waals surface area contributed by atoms with Crippen LogP contribution in [0.5, 0.6) is 0 Å². The highest BCUT2D eigenvalue weighted by Crippen LogP contribution is 2.21. The molecule has 1 amide bonds. The maximum atomic E-state index is 11.6. The summed E-state index contributed by atoms with van der Waals surface area (Å²) in [4.78, 5) is 11.6. The normalized spacial score (nSPS) is 10.1. The highest BCUT2D eigenvalue weighted by Gasteiger charge is 2.05. The van der Waals surface area contributed by atoms with E-state index in [0.29, 0.717) is 6.54 Å². The topological polar surface area (TPSA) is 38.3 Å². The zero-order valence-electron chi connectivity index (χ0n) is 10.6. The lowest BCUT2D eigenvalue weighted by molar-refractivity contribution is 0.139. The van der Waals surface area contributed by atoms with Gasteiger partial charge in [0.05, 0.1) is 0 Å². The maximum Gasteiger partial charge on any atom is 0.407 e. The second kappa shape index (κ2) is 7.45. The minimum atomic E-state index is -0.430. The number of carbonyl (C=O) groups is 1. The molecular formula is C15H13Br2NO2. The molecule has 20 heavy (non-hydrogen) atoms. The number of carbonyl (C=O) groups excluding carboxylic acids is 1. The average molecular weight is 399 g/mol. The molecule has 0 aliphatic carbocycles. The Labute approximate surface area is 134 Å². The van der Waals surface area contributed by atoms with Gasteiger partial charge in [0, 0.05) is 15.5 Å². The van der Waals surface area contributed by atoms with Crippen LogP contribution in [0.4, 0.5) is 4.79 Å². The van der Waals surface area contributed by atoms with Crippen LogP contribution in [0.15, 0.2) is 57.5 Å². The van der Waals surface area contributed by atoms with Crippen LogP contribution in [0.25, 0.3) is 0 Å². The lowest BCUT2D eigenvalue weighted by atomic mass is 10.2. The molecule has 0 saturated carbocycles. The van der Waals surface area contributed by atoms with Crippen molar-refractivity contribution < 1.29 is 9.53 Å². The highest BCUT2D eigenvalue weighted by atomic mass is 79.9. The molecule has 1 N–H and O–H groups in total. The molecule has 0 atom stereocenters. The Bertz CT molecular complexity index is 588. The van der Waals surface area contributed by atoms with Crippen LogP contribution in [0, 0.1) is 0 Å². The molecule has 0 heterocycles. The molecule has 0 aromatic heterocycles. The monoisotopic (exact) mass is 397 g/mol. The molecule has 2 aromatic carbocycles. The van der Waals surface area contributed by atoms with Crippen molar-refractivity contribution in [2.45, 2.75) is 13.2 Å². The third-order valence-electron chi connectivity index (χ3n) is 2.64. The van der Waals surface area contributed by atoms with Gasteiger partial charge in [-0.3, -0.25) is 0 Å². The van der Waals surface area contributed by atoms with Crippen molar-refractivity contribution in [2.75, 3.05) is 0 Å². The first-order valence-corrected chi connectivity index (χ1v) is 7.62. The minimum absolute atomic E-state index is 0.270. The van der Waals surface area contributed by atoms with Crippen molar-refractivity contribution in [1.29, 1.82) is 0 Å². The largest absolute Gasteiger partial charge is 0.445 e. The van der Waals surface area contributed by atoms with Crippen molar-refractivity contribution in [3.8, 4) is 0 Å². The van der Waals surface area contributed by atoms with E-state index in [4.69, 9.17) is 4.74 Å². The molecule has 0 aliphatic rings. The quantitative estimate of drug-likeness (QED) is 0.814. The maximum absolute atomic E-state index is 11.6. The smallest absolute Gasteiger partial charge is 0.407 e. The number of hydrogen-bond acceptors (Lipinski definition) is 2. The number of nitrogens with one attached hydrogen (secondary N) is 1. The SMILES string of the molecule is O=C(NCc1cc(Br)ccc1Br)OCc1ccccc1. The molecular weight excluding hydrogens is 386 g/mol. The Morgan fingerprint density at radius 3 is 2.60 bits per heavy atom. The third kappa shape index (κ3) is 4.65. The van der Waals surface area contributed by atoms with Gasteiger partial charge in [-0.1, -0.05) is 62.2 Å². The van der Waals surface area contributed by atoms with E-state index < -0.39 is 6.09 Å². The summed E-state index contributed by atoms with van der Waals surface area (Å²) in [5, 5.41) is 2.73. The molecule has 0 fully saturated rings. The van der Waals surface area contributed by atoms with Gasteiger partial charge in [0.15, 0.2) is 0 Å². The van der Waals surface area contributed by atoms with E-state index in [1.165, 1.54) is 0 Å². The van der Waals surface area contributed by atoms with Crippen LogP contribution in [0.2, 0.25) is 0 Å². The van der Waals surface area contributed by atoms with Crippen LogP contribution in [0.3, 0.4) is 0 Å². The molecule has 2 aromatic rings. The van der Waals surface area contributed by atoms with Crippen molar-refractivity contribution in [3.05, 3.63) is 68.6 Å². The predicted molar refractivity (Wildman–Crippen MR) is 85.3 cm³/mol.